The summed E-state index contributed by atoms with van der Waals surface area (Å²) in [6.45, 7) is -1.05. The molecule has 0 heterocycles. The molecule has 0 aromatic heterocycles. The van der Waals surface area contributed by atoms with E-state index in [1.807, 2.05) is 0 Å². The number of benzene rings is 1. The van der Waals surface area contributed by atoms with Gasteiger partial charge in [0.15, 0.2) is 0 Å². The maximum Gasteiger partial charge on any atom is 0.405 e. The van der Waals surface area contributed by atoms with Crippen molar-refractivity contribution in [3.8, 4) is 0 Å². The lowest BCUT2D eigenvalue weighted by Gasteiger charge is -2.10. The van der Waals surface area contributed by atoms with Gasteiger partial charge in [0.1, 0.15) is 6.54 Å². The molecule has 0 radical (unpaired) electrons. The summed E-state index contributed by atoms with van der Waals surface area (Å²) in [6, 6.07) is 4.76. The predicted octanol–water partition coefficient (Wildman–Crippen LogP) is 0.606. The lowest BCUT2D eigenvalue weighted by Crippen LogP contribution is -2.34. The first-order valence-electron chi connectivity index (χ1n) is 6.30. The highest BCUT2D eigenvalue weighted by atomic mass is 32.2. The number of nitrogens with one attached hydrogen (secondary N) is 2. The Morgan fingerprint density at radius 2 is 1.95 bits per heavy atom. The van der Waals surface area contributed by atoms with Gasteiger partial charge in [0, 0.05) is 12.1 Å². The third-order valence-electron chi connectivity index (χ3n) is 2.53. The SMILES string of the molecule is NCCCNS(=O)(=O)c1cccc(C(=O)NCC(F)(F)F)c1. The molecule has 0 atom stereocenters. The van der Waals surface area contributed by atoms with Gasteiger partial charge in [0.05, 0.1) is 4.90 Å². The summed E-state index contributed by atoms with van der Waals surface area (Å²) >= 11 is 0. The average molecular weight is 339 g/mol. The van der Waals surface area contributed by atoms with Gasteiger partial charge >= 0.3 is 6.18 Å². The molecule has 10 heteroatoms. The minimum absolute atomic E-state index is 0.128. The normalized spacial score (nSPS) is 12.2. The quantitative estimate of drug-likeness (QED) is 0.633. The molecule has 22 heavy (non-hydrogen) atoms. The highest BCUT2D eigenvalue weighted by Gasteiger charge is 2.28. The van der Waals surface area contributed by atoms with E-state index in [1.54, 1.807) is 5.32 Å². The van der Waals surface area contributed by atoms with Crippen molar-refractivity contribution >= 4 is 15.9 Å². The molecule has 124 valence electrons. The second-order valence-electron chi connectivity index (χ2n) is 4.37. The zero-order valence-electron chi connectivity index (χ0n) is 11.5. The lowest BCUT2D eigenvalue weighted by molar-refractivity contribution is -0.123. The predicted molar refractivity (Wildman–Crippen MR) is 73.7 cm³/mol. The van der Waals surface area contributed by atoms with Crippen LogP contribution in [0, 0.1) is 0 Å². The molecule has 1 amide bonds. The summed E-state index contributed by atoms with van der Waals surface area (Å²) in [7, 11) is -3.84. The number of hydrogen-bond acceptors (Lipinski definition) is 4. The molecule has 0 aliphatic heterocycles. The summed E-state index contributed by atoms with van der Waals surface area (Å²) < 4.78 is 62.3. The molecule has 0 aliphatic rings. The Hall–Kier alpha value is -1.65. The van der Waals surface area contributed by atoms with Gasteiger partial charge in [0.2, 0.25) is 10.0 Å². The molecule has 1 aromatic carbocycles. The fourth-order valence-electron chi connectivity index (χ4n) is 1.48. The van der Waals surface area contributed by atoms with Gasteiger partial charge in [-0.1, -0.05) is 6.07 Å². The molecule has 0 bridgehead atoms. The summed E-state index contributed by atoms with van der Waals surface area (Å²) in [6.07, 6.45) is -4.10. The number of rotatable bonds is 7. The van der Waals surface area contributed by atoms with Crippen LogP contribution >= 0.6 is 0 Å². The molecular formula is C12H16F3N3O3S. The number of amides is 1. The number of hydrogen-bond donors (Lipinski definition) is 3. The molecule has 1 rings (SSSR count). The topological polar surface area (TPSA) is 101 Å². The van der Waals surface area contributed by atoms with E-state index < -0.39 is 28.7 Å². The summed E-state index contributed by atoms with van der Waals surface area (Å²) in [5.41, 5.74) is 5.07. The number of carbonyl (C=O) groups is 1. The molecule has 4 N–H and O–H groups in total. The van der Waals surface area contributed by atoms with Gasteiger partial charge in [-0.3, -0.25) is 4.79 Å². The van der Waals surface area contributed by atoms with Crippen molar-refractivity contribution < 1.29 is 26.4 Å². The summed E-state index contributed by atoms with van der Waals surface area (Å²) in [5, 5.41) is 1.67. The van der Waals surface area contributed by atoms with E-state index in [2.05, 4.69) is 4.72 Å². The van der Waals surface area contributed by atoms with Crippen molar-refractivity contribution in [2.75, 3.05) is 19.6 Å². The molecule has 0 saturated heterocycles. The first-order valence-corrected chi connectivity index (χ1v) is 7.79. The van der Waals surface area contributed by atoms with Crippen molar-refractivity contribution in [3.05, 3.63) is 29.8 Å². The van der Waals surface area contributed by atoms with Crippen LogP contribution in [0.4, 0.5) is 13.2 Å². The number of alkyl halides is 3. The minimum Gasteiger partial charge on any atom is -0.343 e. The Morgan fingerprint density at radius 1 is 1.27 bits per heavy atom. The van der Waals surface area contributed by atoms with Crippen molar-refractivity contribution in [2.45, 2.75) is 17.5 Å². The van der Waals surface area contributed by atoms with Crippen LogP contribution in [0.2, 0.25) is 0 Å². The Bertz CT molecular complexity index is 618. The fraction of sp³-hybridized carbons (Fsp3) is 0.417. The zero-order chi connectivity index (χ0) is 16.8. The lowest BCUT2D eigenvalue weighted by atomic mass is 10.2. The van der Waals surface area contributed by atoms with E-state index in [4.69, 9.17) is 5.73 Å². The summed E-state index contributed by atoms with van der Waals surface area (Å²) in [5.74, 6) is -1.00. The maximum absolute atomic E-state index is 12.0. The number of halogens is 3. The molecule has 0 fully saturated rings. The molecule has 1 aromatic rings. The van der Waals surface area contributed by atoms with Crippen molar-refractivity contribution in [3.63, 3.8) is 0 Å². The Kier molecular flexibility index (Phi) is 6.33. The van der Waals surface area contributed by atoms with E-state index in [1.165, 1.54) is 18.2 Å². The molecule has 6 nitrogen and oxygen atoms in total. The number of nitrogens with two attached hydrogens (primary N) is 1. The third kappa shape index (κ3) is 6.00. The van der Waals surface area contributed by atoms with Gasteiger partial charge in [-0.05, 0) is 31.2 Å². The van der Waals surface area contributed by atoms with Gasteiger partial charge < -0.3 is 11.1 Å². The van der Waals surface area contributed by atoms with E-state index in [9.17, 15) is 26.4 Å². The van der Waals surface area contributed by atoms with Crippen LogP contribution in [0.5, 0.6) is 0 Å². The van der Waals surface area contributed by atoms with Crippen LogP contribution in [0.15, 0.2) is 29.2 Å². The van der Waals surface area contributed by atoms with Gasteiger partial charge in [-0.25, -0.2) is 13.1 Å². The van der Waals surface area contributed by atoms with Crippen LogP contribution in [-0.2, 0) is 10.0 Å². The van der Waals surface area contributed by atoms with Crippen molar-refractivity contribution in [2.24, 2.45) is 5.73 Å². The molecule has 0 aliphatic carbocycles. The van der Waals surface area contributed by atoms with Crippen LogP contribution in [0.25, 0.3) is 0 Å². The van der Waals surface area contributed by atoms with E-state index in [0.717, 1.165) is 6.07 Å². The highest BCUT2D eigenvalue weighted by Crippen LogP contribution is 2.14. The van der Waals surface area contributed by atoms with Crippen LogP contribution in [0.1, 0.15) is 16.8 Å². The Labute approximate surface area is 125 Å². The Morgan fingerprint density at radius 3 is 2.55 bits per heavy atom. The maximum atomic E-state index is 12.0. The largest absolute Gasteiger partial charge is 0.405 e. The smallest absolute Gasteiger partial charge is 0.343 e. The summed E-state index contributed by atoms with van der Waals surface area (Å²) in [4.78, 5) is 11.4. The van der Waals surface area contributed by atoms with Crippen molar-refractivity contribution in [1.29, 1.82) is 0 Å². The number of carbonyl (C=O) groups excluding carboxylic acids is 1. The second-order valence-corrected chi connectivity index (χ2v) is 6.13. The minimum atomic E-state index is -4.54. The molecule has 0 unspecified atom stereocenters. The highest BCUT2D eigenvalue weighted by molar-refractivity contribution is 7.89. The van der Waals surface area contributed by atoms with Crippen LogP contribution in [0.3, 0.4) is 0 Å². The molecule has 0 spiro atoms. The molecular weight excluding hydrogens is 323 g/mol. The van der Waals surface area contributed by atoms with Gasteiger partial charge in [-0.2, -0.15) is 13.2 Å². The van der Waals surface area contributed by atoms with Crippen LogP contribution in [-0.4, -0.2) is 40.1 Å². The van der Waals surface area contributed by atoms with E-state index >= 15 is 0 Å². The monoisotopic (exact) mass is 339 g/mol. The first-order chi connectivity index (χ1) is 10.2. The first kappa shape index (κ1) is 18.4. The Balaban J connectivity index is 2.83. The standard InChI is InChI=1S/C12H16F3N3O3S/c13-12(14,15)8-17-11(19)9-3-1-4-10(7-9)22(20,21)18-6-2-5-16/h1,3-4,7,18H,2,5-6,8,16H2,(H,17,19). The van der Waals surface area contributed by atoms with E-state index in [0.29, 0.717) is 13.0 Å². The number of sulfonamides is 1. The fourth-order valence-corrected chi connectivity index (χ4v) is 2.60. The van der Waals surface area contributed by atoms with Gasteiger partial charge in [0.25, 0.3) is 5.91 Å². The molecule has 0 saturated carbocycles. The third-order valence-corrected chi connectivity index (χ3v) is 3.99. The van der Waals surface area contributed by atoms with Crippen LogP contribution < -0.4 is 15.8 Å². The van der Waals surface area contributed by atoms with E-state index in [-0.39, 0.29) is 17.0 Å². The zero-order valence-corrected chi connectivity index (χ0v) is 12.3. The van der Waals surface area contributed by atoms with Crippen molar-refractivity contribution in [1.82, 2.24) is 10.0 Å². The van der Waals surface area contributed by atoms with Gasteiger partial charge in [-0.15, -0.1) is 0 Å². The average Bonchev–Trinajstić information content (AvgIpc) is 2.44. The second kappa shape index (κ2) is 7.56.